The van der Waals surface area contributed by atoms with E-state index in [4.69, 9.17) is 10.00 Å². The second-order valence-electron chi connectivity index (χ2n) is 4.32. The van der Waals surface area contributed by atoms with Crippen LogP contribution in [0, 0.1) is 18.3 Å². The lowest BCUT2D eigenvalue weighted by atomic mass is 10.1. The van der Waals surface area contributed by atoms with E-state index in [1.165, 1.54) is 0 Å². The van der Waals surface area contributed by atoms with Gasteiger partial charge in [0.05, 0.1) is 23.3 Å². The number of aryl methyl sites for hydroxylation is 2. The zero-order valence-electron chi connectivity index (χ0n) is 11.4. The van der Waals surface area contributed by atoms with Crippen molar-refractivity contribution in [2.75, 3.05) is 7.11 Å². The number of halogens is 1. The first kappa shape index (κ1) is 14.5. The molecule has 2 aromatic rings. The van der Waals surface area contributed by atoms with Crippen LogP contribution in [-0.4, -0.2) is 17.1 Å². The van der Waals surface area contributed by atoms with E-state index in [1.807, 2.05) is 31.2 Å². The molecule has 0 atom stereocenters. The molecule has 0 amide bonds. The highest BCUT2D eigenvalue weighted by Gasteiger charge is 2.07. The van der Waals surface area contributed by atoms with Crippen molar-refractivity contribution in [2.24, 2.45) is 0 Å². The van der Waals surface area contributed by atoms with Crippen molar-refractivity contribution in [3.63, 3.8) is 0 Å². The largest absolute Gasteiger partial charge is 0.496 e. The van der Waals surface area contributed by atoms with Crippen molar-refractivity contribution < 1.29 is 4.74 Å². The Morgan fingerprint density at radius 3 is 2.75 bits per heavy atom. The summed E-state index contributed by atoms with van der Waals surface area (Å²) in [4.78, 5) is 8.87. The van der Waals surface area contributed by atoms with Crippen LogP contribution in [0.2, 0.25) is 0 Å². The Bertz CT molecular complexity index is 665. The van der Waals surface area contributed by atoms with Gasteiger partial charge < -0.3 is 4.74 Å². The second kappa shape index (κ2) is 6.49. The fourth-order valence-electron chi connectivity index (χ4n) is 1.88. The SMILES string of the molecule is COc1ccc(-c2cc(C)nc(CCC#N)n2)cc1Br. The first-order chi connectivity index (χ1) is 9.63. The van der Waals surface area contributed by atoms with E-state index >= 15 is 0 Å². The van der Waals surface area contributed by atoms with E-state index in [2.05, 4.69) is 32.0 Å². The van der Waals surface area contributed by atoms with Crippen LogP contribution in [0.3, 0.4) is 0 Å². The van der Waals surface area contributed by atoms with Crippen LogP contribution in [-0.2, 0) is 6.42 Å². The Labute approximate surface area is 126 Å². The first-order valence-electron chi connectivity index (χ1n) is 6.19. The number of benzene rings is 1. The van der Waals surface area contributed by atoms with Crippen molar-refractivity contribution >= 4 is 15.9 Å². The van der Waals surface area contributed by atoms with E-state index < -0.39 is 0 Å². The van der Waals surface area contributed by atoms with Gasteiger partial charge in [0.1, 0.15) is 11.6 Å². The van der Waals surface area contributed by atoms with Gasteiger partial charge in [-0.25, -0.2) is 9.97 Å². The van der Waals surface area contributed by atoms with Crippen LogP contribution in [0.25, 0.3) is 11.3 Å². The first-order valence-corrected chi connectivity index (χ1v) is 6.98. The molecule has 5 heteroatoms. The molecule has 0 aliphatic heterocycles. The van der Waals surface area contributed by atoms with E-state index in [0.717, 1.165) is 27.2 Å². The number of rotatable bonds is 4. The lowest BCUT2D eigenvalue weighted by molar-refractivity contribution is 0.412. The maximum absolute atomic E-state index is 8.65. The molecule has 0 saturated heterocycles. The molecular weight excluding hydrogens is 318 g/mol. The molecule has 20 heavy (non-hydrogen) atoms. The molecule has 0 aliphatic rings. The highest BCUT2D eigenvalue weighted by Crippen LogP contribution is 2.29. The third-order valence-electron chi connectivity index (χ3n) is 2.81. The summed E-state index contributed by atoms with van der Waals surface area (Å²) in [6.07, 6.45) is 0.998. The summed E-state index contributed by atoms with van der Waals surface area (Å²) in [5.74, 6) is 1.48. The molecule has 0 N–H and O–H groups in total. The minimum atomic E-state index is 0.426. The summed E-state index contributed by atoms with van der Waals surface area (Å²) >= 11 is 3.47. The van der Waals surface area contributed by atoms with E-state index in [1.54, 1.807) is 7.11 Å². The quantitative estimate of drug-likeness (QED) is 0.857. The van der Waals surface area contributed by atoms with Gasteiger partial charge in [0.15, 0.2) is 0 Å². The van der Waals surface area contributed by atoms with Gasteiger partial charge in [-0.1, -0.05) is 0 Å². The highest BCUT2D eigenvalue weighted by molar-refractivity contribution is 9.10. The predicted octanol–water partition coefficient (Wildman–Crippen LogP) is 3.68. The molecule has 1 heterocycles. The van der Waals surface area contributed by atoms with E-state index in [0.29, 0.717) is 18.7 Å². The Kier molecular flexibility index (Phi) is 4.70. The lowest BCUT2D eigenvalue weighted by Gasteiger charge is -2.08. The minimum absolute atomic E-state index is 0.426. The molecule has 1 aromatic carbocycles. The fraction of sp³-hybridized carbons (Fsp3) is 0.267. The van der Waals surface area contributed by atoms with Gasteiger partial charge in [0.25, 0.3) is 0 Å². The Morgan fingerprint density at radius 2 is 2.10 bits per heavy atom. The van der Waals surface area contributed by atoms with Crippen molar-refractivity contribution in [1.82, 2.24) is 9.97 Å². The fourth-order valence-corrected chi connectivity index (χ4v) is 2.42. The number of nitrogens with zero attached hydrogens (tertiary/aromatic N) is 3. The number of aromatic nitrogens is 2. The van der Waals surface area contributed by atoms with Gasteiger partial charge in [-0.3, -0.25) is 0 Å². The number of hydrogen-bond acceptors (Lipinski definition) is 4. The van der Waals surface area contributed by atoms with Crippen molar-refractivity contribution in [3.05, 3.63) is 40.3 Å². The zero-order chi connectivity index (χ0) is 14.5. The Morgan fingerprint density at radius 1 is 1.30 bits per heavy atom. The average Bonchev–Trinajstić information content (AvgIpc) is 2.44. The summed E-state index contributed by atoms with van der Waals surface area (Å²) in [6, 6.07) is 9.87. The Balaban J connectivity index is 2.39. The molecule has 2 rings (SSSR count). The summed E-state index contributed by atoms with van der Waals surface area (Å²) in [5.41, 5.74) is 2.74. The molecule has 0 fully saturated rings. The smallest absolute Gasteiger partial charge is 0.133 e. The van der Waals surface area contributed by atoms with Crippen molar-refractivity contribution in [1.29, 1.82) is 5.26 Å². The van der Waals surface area contributed by atoms with Crippen LogP contribution in [0.15, 0.2) is 28.7 Å². The minimum Gasteiger partial charge on any atom is -0.496 e. The van der Waals surface area contributed by atoms with E-state index in [9.17, 15) is 0 Å². The normalized spacial score (nSPS) is 10.1. The maximum atomic E-state index is 8.65. The van der Waals surface area contributed by atoms with Gasteiger partial charge in [0, 0.05) is 24.1 Å². The molecule has 0 aliphatic carbocycles. The van der Waals surface area contributed by atoms with Gasteiger partial charge >= 0.3 is 0 Å². The monoisotopic (exact) mass is 331 g/mol. The molecule has 0 saturated carbocycles. The number of ether oxygens (including phenoxy) is 1. The molecule has 0 unspecified atom stereocenters. The molecule has 4 nitrogen and oxygen atoms in total. The molecule has 0 radical (unpaired) electrons. The van der Waals surface area contributed by atoms with Crippen molar-refractivity contribution in [3.8, 4) is 23.1 Å². The molecule has 0 spiro atoms. The van der Waals surface area contributed by atoms with Gasteiger partial charge in [-0.2, -0.15) is 5.26 Å². The summed E-state index contributed by atoms with van der Waals surface area (Å²) in [7, 11) is 1.63. The van der Waals surface area contributed by atoms with Crippen LogP contribution in [0.4, 0.5) is 0 Å². The number of methoxy groups -OCH3 is 1. The summed E-state index contributed by atoms with van der Waals surface area (Å²) in [6.45, 7) is 1.93. The van der Waals surface area contributed by atoms with Crippen LogP contribution in [0.1, 0.15) is 17.9 Å². The predicted molar refractivity (Wildman–Crippen MR) is 80.4 cm³/mol. The number of nitriles is 1. The molecule has 1 aromatic heterocycles. The summed E-state index contributed by atoms with van der Waals surface area (Å²) in [5, 5.41) is 8.65. The maximum Gasteiger partial charge on any atom is 0.133 e. The average molecular weight is 332 g/mol. The standard InChI is InChI=1S/C15H14BrN3O/c1-10-8-13(19-15(18-10)4-3-7-17)11-5-6-14(20-2)12(16)9-11/h5-6,8-9H,3-4H2,1-2H3. The van der Waals surface area contributed by atoms with E-state index in [-0.39, 0.29) is 0 Å². The highest BCUT2D eigenvalue weighted by atomic mass is 79.9. The number of hydrogen-bond donors (Lipinski definition) is 0. The Hall–Kier alpha value is -1.93. The third kappa shape index (κ3) is 3.34. The second-order valence-corrected chi connectivity index (χ2v) is 5.17. The summed E-state index contributed by atoms with van der Waals surface area (Å²) < 4.78 is 6.10. The topological polar surface area (TPSA) is 58.8 Å². The lowest BCUT2D eigenvalue weighted by Crippen LogP contribution is -1.99. The molecule has 102 valence electrons. The van der Waals surface area contributed by atoms with Crippen LogP contribution >= 0.6 is 15.9 Å². The van der Waals surface area contributed by atoms with Crippen LogP contribution < -0.4 is 4.74 Å². The van der Waals surface area contributed by atoms with Gasteiger partial charge in [0.2, 0.25) is 0 Å². The van der Waals surface area contributed by atoms with Gasteiger partial charge in [-0.05, 0) is 47.1 Å². The zero-order valence-corrected chi connectivity index (χ0v) is 12.9. The van der Waals surface area contributed by atoms with Gasteiger partial charge in [-0.15, -0.1) is 0 Å². The third-order valence-corrected chi connectivity index (χ3v) is 3.43. The molecule has 0 bridgehead atoms. The molecular formula is C15H14BrN3O. The van der Waals surface area contributed by atoms with Crippen molar-refractivity contribution in [2.45, 2.75) is 19.8 Å². The van der Waals surface area contributed by atoms with Crippen LogP contribution in [0.5, 0.6) is 5.75 Å².